The van der Waals surface area contributed by atoms with Crippen LogP contribution in [0.25, 0.3) is 27.9 Å². The number of para-hydroxylation sites is 2. The third-order valence-electron chi connectivity index (χ3n) is 5.72. The maximum Gasteiger partial charge on any atom is 0.243 e. The molecule has 1 aliphatic heterocycles. The molecule has 150 valence electrons. The lowest BCUT2D eigenvalue weighted by Crippen LogP contribution is -2.27. The first-order valence-electron chi connectivity index (χ1n) is 9.92. The number of rotatable bonds is 3. The van der Waals surface area contributed by atoms with Gasteiger partial charge in [-0.05, 0) is 61.2 Å². The number of aromatic nitrogens is 2. The summed E-state index contributed by atoms with van der Waals surface area (Å²) < 4.78 is 29.7. The van der Waals surface area contributed by atoms with Crippen LogP contribution >= 0.6 is 0 Å². The number of pyridine rings is 1. The number of sulfonamides is 1. The number of nitrogens with zero attached hydrogens (tertiary/aromatic N) is 4. The summed E-state index contributed by atoms with van der Waals surface area (Å²) in [5.41, 5.74) is 5.18. The molecule has 5 rings (SSSR count). The van der Waals surface area contributed by atoms with Crippen LogP contribution in [0.3, 0.4) is 0 Å². The van der Waals surface area contributed by atoms with Crippen LogP contribution in [0.15, 0.2) is 59.5 Å². The Morgan fingerprint density at radius 3 is 2.57 bits per heavy atom. The molecule has 30 heavy (non-hydrogen) atoms. The zero-order valence-corrected chi connectivity index (χ0v) is 17.4. The summed E-state index contributed by atoms with van der Waals surface area (Å²) in [6, 6.07) is 19.0. The molecule has 0 saturated carbocycles. The summed E-state index contributed by atoms with van der Waals surface area (Å²) in [5.74, 6) is 0. The second-order valence-electron chi connectivity index (χ2n) is 7.60. The normalized spacial score (nSPS) is 15.1. The summed E-state index contributed by atoms with van der Waals surface area (Å²) in [6.45, 7) is 3.02. The van der Waals surface area contributed by atoms with E-state index < -0.39 is 10.0 Å². The van der Waals surface area contributed by atoms with E-state index >= 15 is 0 Å². The van der Waals surface area contributed by atoms with E-state index in [0.717, 1.165) is 40.7 Å². The van der Waals surface area contributed by atoms with Crippen molar-refractivity contribution >= 4 is 26.7 Å². The minimum atomic E-state index is -3.52. The van der Waals surface area contributed by atoms with E-state index in [1.54, 1.807) is 22.5 Å². The molecule has 7 heteroatoms. The Bertz CT molecular complexity index is 1440. The zero-order chi connectivity index (χ0) is 20.9. The average Bonchev–Trinajstić information content (AvgIpc) is 3.42. The summed E-state index contributed by atoms with van der Waals surface area (Å²) in [4.78, 5) is 4.97. The van der Waals surface area contributed by atoms with E-state index in [4.69, 9.17) is 0 Å². The highest BCUT2D eigenvalue weighted by atomic mass is 32.2. The Hall–Kier alpha value is -3.21. The minimum absolute atomic E-state index is 0.293. The third kappa shape index (κ3) is 2.80. The molecule has 0 N–H and O–H groups in total. The smallest absolute Gasteiger partial charge is 0.243 e. The van der Waals surface area contributed by atoms with Crippen molar-refractivity contribution in [2.24, 2.45) is 0 Å². The van der Waals surface area contributed by atoms with Gasteiger partial charge in [0, 0.05) is 13.1 Å². The van der Waals surface area contributed by atoms with Crippen molar-refractivity contribution in [1.82, 2.24) is 13.7 Å². The summed E-state index contributed by atoms with van der Waals surface area (Å²) in [7, 11) is -3.52. The van der Waals surface area contributed by atoms with Crippen molar-refractivity contribution in [3.63, 3.8) is 0 Å². The van der Waals surface area contributed by atoms with Gasteiger partial charge in [-0.3, -0.25) is 4.40 Å². The standard InChI is InChI=1S/C23H20N4O2S/c1-16-13-22(27-21-10-3-2-9-20(21)25-23(27)19(16)15-24)17-7-6-8-18(14-17)30(28,29)26-11-4-5-12-26/h2-3,6-10,13-14H,4-5,11-12H2,1H3. The molecule has 1 aliphatic rings. The first kappa shape index (κ1) is 18.8. The van der Waals surface area contributed by atoms with E-state index in [0.29, 0.717) is 29.2 Å². The van der Waals surface area contributed by atoms with Gasteiger partial charge in [0.2, 0.25) is 10.0 Å². The highest BCUT2D eigenvalue weighted by molar-refractivity contribution is 7.89. The van der Waals surface area contributed by atoms with Crippen LogP contribution in [0.2, 0.25) is 0 Å². The highest BCUT2D eigenvalue weighted by Crippen LogP contribution is 2.31. The Kier molecular flexibility index (Phi) is 4.35. The van der Waals surface area contributed by atoms with Gasteiger partial charge in [-0.15, -0.1) is 0 Å². The fourth-order valence-corrected chi connectivity index (χ4v) is 5.76. The Morgan fingerprint density at radius 1 is 1.03 bits per heavy atom. The number of nitriles is 1. The van der Waals surface area contributed by atoms with Crippen LogP contribution in [0.5, 0.6) is 0 Å². The molecule has 3 heterocycles. The highest BCUT2D eigenvalue weighted by Gasteiger charge is 2.27. The van der Waals surface area contributed by atoms with Crippen molar-refractivity contribution in [1.29, 1.82) is 5.26 Å². The van der Waals surface area contributed by atoms with Crippen LogP contribution in [0.1, 0.15) is 24.0 Å². The molecule has 0 spiro atoms. The van der Waals surface area contributed by atoms with Gasteiger partial charge < -0.3 is 0 Å². The topological polar surface area (TPSA) is 78.5 Å². The Morgan fingerprint density at radius 2 is 1.80 bits per heavy atom. The molecule has 0 aliphatic carbocycles. The van der Waals surface area contributed by atoms with Crippen molar-refractivity contribution in [2.45, 2.75) is 24.7 Å². The number of aryl methyl sites for hydroxylation is 1. The van der Waals surface area contributed by atoms with Crippen molar-refractivity contribution in [3.05, 3.63) is 65.7 Å². The van der Waals surface area contributed by atoms with Gasteiger partial charge in [-0.1, -0.05) is 24.3 Å². The SMILES string of the molecule is Cc1cc(-c2cccc(S(=O)(=O)N3CCCC3)c2)n2c(nc3ccccc32)c1C#N. The molecule has 2 aromatic carbocycles. The molecule has 1 fully saturated rings. The number of fused-ring (bicyclic) bond motifs is 3. The lowest BCUT2D eigenvalue weighted by molar-refractivity contribution is 0.477. The first-order chi connectivity index (χ1) is 14.5. The number of hydrogen-bond acceptors (Lipinski definition) is 4. The lowest BCUT2D eigenvalue weighted by atomic mass is 10.1. The van der Waals surface area contributed by atoms with Crippen molar-refractivity contribution < 1.29 is 8.42 Å². The molecule has 0 unspecified atom stereocenters. The molecule has 0 radical (unpaired) electrons. The number of hydrogen-bond donors (Lipinski definition) is 0. The summed E-state index contributed by atoms with van der Waals surface area (Å²) in [6.07, 6.45) is 1.80. The molecule has 1 saturated heterocycles. The maximum atomic E-state index is 13.1. The Labute approximate surface area is 175 Å². The molecule has 0 atom stereocenters. The van der Waals surface area contributed by atoms with Gasteiger partial charge >= 0.3 is 0 Å². The van der Waals surface area contributed by atoms with Gasteiger partial charge in [-0.25, -0.2) is 13.4 Å². The second-order valence-corrected chi connectivity index (χ2v) is 9.54. The van der Waals surface area contributed by atoms with Gasteiger partial charge in [0.1, 0.15) is 6.07 Å². The van der Waals surface area contributed by atoms with Gasteiger partial charge in [0.25, 0.3) is 0 Å². The van der Waals surface area contributed by atoms with E-state index in [1.807, 2.05) is 47.7 Å². The molecule has 6 nitrogen and oxygen atoms in total. The predicted molar refractivity (Wildman–Crippen MR) is 116 cm³/mol. The fourth-order valence-electron chi connectivity index (χ4n) is 4.20. The fraction of sp³-hybridized carbons (Fsp3) is 0.217. The van der Waals surface area contributed by atoms with E-state index in [2.05, 4.69) is 11.1 Å². The van der Waals surface area contributed by atoms with Gasteiger partial charge in [-0.2, -0.15) is 9.57 Å². The lowest BCUT2D eigenvalue weighted by Gasteiger charge is -2.17. The van der Waals surface area contributed by atoms with Crippen LogP contribution in [0.4, 0.5) is 0 Å². The molecular weight excluding hydrogens is 396 g/mol. The monoisotopic (exact) mass is 416 g/mol. The predicted octanol–water partition coefficient (Wildman–Crippen LogP) is 4.12. The molecular formula is C23H20N4O2S. The molecule has 0 bridgehead atoms. The van der Waals surface area contributed by atoms with Gasteiger partial charge in [0.05, 0.1) is 27.2 Å². The van der Waals surface area contributed by atoms with E-state index in [9.17, 15) is 13.7 Å². The van der Waals surface area contributed by atoms with Crippen LogP contribution in [-0.4, -0.2) is 35.2 Å². The van der Waals surface area contributed by atoms with E-state index in [1.165, 1.54) is 0 Å². The molecule has 4 aromatic rings. The second kappa shape index (κ2) is 6.94. The van der Waals surface area contributed by atoms with E-state index in [-0.39, 0.29) is 0 Å². The number of imidazole rings is 1. The van der Waals surface area contributed by atoms with Crippen LogP contribution in [0, 0.1) is 18.3 Å². The zero-order valence-electron chi connectivity index (χ0n) is 16.5. The maximum absolute atomic E-state index is 13.1. The summed E-state index contributed by atoms with van der Waals surface area (Å²) in [5, 5.41) is 9.69. The molecule has 0 amide bonds. The summed E-state index contributed by atoms with van der Waals surface area (Å²) >= 11 is 0. The Balaban J connectivity index is 1.78. The van der Waals surface area contributed by atoms with Crippen molar-refractivity contribution in [2.75, 3.05) is 13.1 Å². The van der Waals surface area contributed by atoms with Crippen LogP contribution < -0.4 is 0 Å². The third-order valence-corrected chi connectivity index (χ3v) is 7.61. The average molecular weight is 417 g/mol. The quantitative estimate of drug-likeness (QED) is 0.503. The minimum Gasteiger partial charge on any atom is -0.291 e. The van der Waals surface area contributed by atoms with Gasteiger partial charge in [0.15, 0.2) is 5.65 Å². The molecule has 2 aromatic heterocycles. The van der Waals surface area contributed by atoms with Crippen LogP contribution in [-0.2, 0) is 10.0 Å². The largest absolute Gasteiger partial charge is 0.291 e. The number of benzene rings is 2. The van der Waals surface area contributed by atoms with Crippen molar-refractivity contribution in [3.8, 4) is 17.3 Å². The first-order valence-corrected chi connectivity index (χ1v) is 11.4.